The van der Waals surface area contributed by atoms with E-state index in [1.807, 2.05) is 100.0 Å². The Morgan fingerprint density at radius 1 is 0.459 bits per heavy atom. The van der Waals surface area contributed by atoms with Crippen molar-refractivity contribution in [2.24, 2.45) is 28.2 Å². The van der Waals surface area contributed by atoms with Gasteiger partial charge in [-0.25, -0.2) is 22.4 Å². The van der Waals surface area contributed by atoms with Crippen LogP contribution in [-0.2, 0) is 104 Å². The SMILES string of the molecule is CCCCCC[C@H](NC(C)=O)C(=O)N[C@@H](C)C(=O)C[C@@H](C)C(=O)N[C@@H](CC(N)=O)C(=O)N[C@@H](CCN(C(=O)CO)[C@@H](c1cc(-c2cc(F)ccc2F)cn1Cc1ccccc1)C(C)(C)C)C(=O)NCCC(=O)O.CNCCCC[C@H](NC(C)=O)C(=O)CCCOCCOCCOCCOCCC(=O)NC[C@@H](NC(=O)[C@@H](N)CCN(C(=O)CO)[C@@H](c1cc(-c2cc(F)ccc2F)cn1Cc1ccccc1)C(C)(C)C)C(=O)O. The van der Waals surface area contributed by atoms with Crippen LogP contribution in [0.4, 0.5) is 17.6 Å². The number of hydrogen-bond acceptors (Lipinski definition) is 23. The first-order valence-corrected chi connectivity index (χ1v) is 49.2. The molecule has 0 aliphatic rings. The number of ether oxygens (including phenoxy) is 4. The molecule has 0 saturated heterocycles. The van der Waals surface area contributed by atoms with Crippen molar-refractivity contribution in [1.82, 2.24) is 66.8 Å². The number of nitrogens with zero attached hydrogens (tertiary/aromatic N) is 4. The predicted octanol–water partition coefficient (Wildman–Crippen LogP) is 7.28. The van der Waals surface area contributed by atoms with Gasteiger partial charge in [-0.3, -0.25) is 67.1 Å². The van der Waals surface area contributed by atoms with Crippen LogP contribution in [0, 0.1) is 40.0 Å². The first-order valence-electron chi connectivity index (χ1n) is 49.2. The lowest BCUT2D eigenvalue weighted by atomic mass is 9.82. The molecule has 17 N–H and O–H groups in total. The third-order valence-electron chi connectivity index (χ3n) is 23.6. The topological polar surface area (TPSA) is 551 Å². The Bertz CT molecular complexity index is 5210. The number of carbonyl (C=O) groups is 15. The first-order chi connectivity index (χ1) is 69.2. The number of carbonyl (C=O) groups excluding carboxylic acids is 13. The molecule has 806 valence electrons. The predicted molar refractivity (Wildman–Crippen MR) is 536 cm³/mol. The fourth-order valence-electron chi connectivity index (χ4n) is 16.3. The van der Waals surface area contributed by atoms with E-state index in [1.54, 1.807) is 49.9 Å². The van der Waals surface area contributed by atoms with Crippen molar-refractivity contribution >= 4 is 88.5 Å². The first kappa shape index (κ1) is 124. The minimum atomic E-state index is -1.71. The number of aliphatic carboxylic acids is 2. The second-order valence-corrected chi connectivity index (χ2v) is 38.0. The monoisotopic (exact) mass is 2050 g/mol. The number of aliphatic hydroxyl groups excluding tert-OH is 2. The van der Waals surface area contributed by atoms with E-state index in [-0.39, 0.29) is 93.6 Å². The molecule has 0 radical (unpaired) electrons. The molecule has 2 aromatic heterocycles. The summed E-state index contributed by atoms with van der Waals surface area (Å²) in [5.41, 5.74) is 13.4. The molecule has 10 atom stereocenters. The standard InChI is InChI=1S/C52H72F2N8O11.C52H77F2N7O12/c1-8-9-10-14-17-39(58-33(4)64)50(72)57-32(3)43(65)24-31(2)48(70)60-41(27-44(55)66)51(73)59-40(49(71)56-22-20-46(68)69)21-23-62(45(67)30-63)47(52(5,6)7)42-25-35(37-26-36(53)18-19-38(37)54)29-61(42)28-34-15-12-11-13-16-34;1-36(63)58-43(14-9-10-20-56-5)46(64)15-11-22-70-24-26-72-28-29-73-27-25-71-23-19-47(65)57-32-44(51(68)69)59-50(67)42(55)18-21-61(48(66)35-62)49(52(2,3)4)45-30-38(40-31-39(53)16-17-41(40)54)34-60(45)33-37-12-7-6-8-13-37/h11-13,15-16,18-19,25-26,29,31-32,39-41,47,63H,8-10,14,17,20-24,27-28,30H2,1-7H3,(H2,55,66)(H,56,71)(H,57,72)(H,58,64)(H,59,73)(H,60,70)(H,68,69);6-8,12-13,16-17,30-31,34,42-44,49,56,62H,9-11,14-15,18-29,32-33,35,55H2,1-5H3,(H,57,65)(H,58,63)(H,59,67)(H,68,69)/t31-,32+,39+,40+,41+,47+;42-,43-,44+,49-/m10/s1. The molecule has 0 aliphatic carbocycles. The summed E-state index contributed by atoms with van der Waals surface area (Å²) in [5.74, 6) is -15.0. The van der Waals surface area contributed by atoms with Crippen LogP contribution in [0.25, 0.3) is 22.3 Å². The summed E-state index contributed by atoms with van der Waals surface area (Å²) in [6.45, 7) is 18.8. The molecule has 0 fully saturated rings. The number of amides is 11. The van der Waals surface area contributed by atoms with Gasteiger partial charge < -0.3 is 118 Å². The number of halogens is 4. The summed E-state index contributed by atoms with van der Waals surface area (Å²) in [7, 11) is 1.87. The maximum absolute atomic E-state index is 15.3. The zero-order chi connectivity index (χ0) is 108. The van der Waals surface area contributed by atoms with Gasteiger partial charge in [-0.1, -0.05) is 142 Å². The second-order valence-electron chi connectivity index (χ2n) is 38.0. The molecular formula is C104H149F4N15O23. The molecule has 6 aromatic rings. The van der Waals surface area contributed by atoms with Gasteiger partial charge in [0.2, 0.25) is 65.0 Å². The van der Waals surface area contributed by atoms with Crippen LogP contribution in [0.1, 0.15) is 213 Å². The number of Topliss-reactive ketones (excluding diaryl/α,β-unsaturated/α-hetero) is 2. The molecule has 0 bridgehead atoms. The lowest BCUT2D eigenvalue weighted by molar-refractivity contribution is -0.142. The largest absolute Gasteiger partial charge is 0.481 e. The number of nitrogens with two attached hydrogens (primary N) is 2. The van der Waals surface area contributed by atoms with Crippen molar-refractivity contribution in [3.8, 4) is 22.3 Å². The molecule has 42 heteroatoms. The van der Waals surface area contributed by atoms with E-state index in [4.69, 9.17) is 30.4 Å². The highest BCUT2D eigenvalue weighted by molar-refractivity contribution is 5.98. The minimum absolute atomic E-state index is 0.00489. The highest BCUT2D eigenvalue weighted by Crippen LogP contribution is 2.44. The van der Waals surface area contributed by atoms with Gasteiger partial charge in [0, 0.05) is 131 Å². The summed E-state index contributed by atoms with van der Waals surface area (Å²) in [4.78, 5) is 195. The van der Waals surface area contributed by atoms with Crippen LogP contribution in [0.5, 0.6) is 0 Å². The molecular weight excluding hydrogens is 1900 g/mol. The van der Waals surface area contributed by atoms with Crippen molar-refractivity contribution < 1.29 is 129 Å². The number of ketones is 2. The van der Waals surface area contributed by atoms with E-state index < -0.39 is 210 Å². The zero-order valence-corrected chi connectivity index (χ0v) is 85.7. The molecule has 11 amide bonds. The number of nitrogens with one attached hydrogen (secondary N) is 9. The number of carboxylic acid groups (broad SMARTS) is 2. The van der Waals surface area contributed by atoms with Crippen molar-refractivity contribution in [3.63, 3.8) is 0 Å². The molecule has 38 nitrogen and oxygen atoms in total. The van der Waals surface area contributed by atoms with E-state index in [0.717, 1.165) is 86.2 Å². The third kappa shape index (κ3) is 44.3. The Kier molecular flexibility index (Phi) is 54.5. The van der Waals surface area contributed by atoms with E-state index in [1.165, 1.54) is 37.5 Å². The lowest BCUT2D eigenvalue weighted by Crippen LogP contribution is -2.56. The Balaban J connectivity index is 0.000000514. The molecule has 0 unspecified atom stereocenters. The van der Waals surface area contributed by atoms with Gasteiger partial charge in [0.05, 0.1) is 89.3 Å². The maximum Gasteiger partial charge on any atom is 0.328 e. The number of benzene rings is 4. The fourth-order valence-corrected chi connectivity index (χ4v) is 16.3. The number of aromatic nitrogens is 2. The fraction of sp³-hybridized carbons (Fsp3) is 0.548. The van der Waals surface area contributed by atoms with E-state index >= 15 is 8.78 Å². The number of hydrogen-bond donors (Lipinski definition) is 15. The second kappa shape index (κ2) is 64.3. The summed E-state index contributed by atoms with van der Waals surface area (Å²) >= 11 is 0. The van der Waals surface area contributed by atoms with Crippen LogP contribution in [0.2, 0.25) is 0 Å². The van der Waals surface area contributed by atoms with E-state index in [2.05, 4.69) is 47.9 Å². The molecule has 4 aromatic carbocycles. The van der Waals surface area contributed by atoms with E-state index in [9.17, 15) is 101 Å². The number of unbranched alkanes of at least 4 members (excludes halogenated alkanes) is 4. The number of carboxylic acids is 2. The van der Waals surface area contributed by atoms with Crippen LogP contribution in [0.15, 0.2) is 122 Å². The smallest absolute Gasteiger partial charge is 0.328 e. The van der Waals surface area contributed by atoms with Crippen LogP contribution in [-0.4, -0.2) is 276 Å². The van der Waals surface area contributed by atoms with Gasteiger partial charge in [0.25, 0.3) is 0 Å². The highest BCUT2D eigenvalue weighted by Gasteiger charge is 2.42. The molecule has 0 saturated carbocycles. The average molecular weight is 2050 g/mol. The van der Waals surface area contributed by atoms with Gasteiger partial charge in [0.15, 0.2) is 11.6 Å². The number of aliphatic hydroxyl groups is 2. The number of rotatable bonds is 67. The molecule has 0 aliphatic heterocycles. The van der Waals surface area contributed by atoms with Crippen molar-refractivity contribution in [2.45, 2.75) is 246 Å². The molecule has 2 heterocycles. The van der Waals surface area contributed by atoms with Crippen LogP contribution >= 0.6 is 0 Å². The van der Waals surface area contributed by atoms with Gasteiger partial charge in [-0.2, -0.15) is 0 Å². The summed E-state index contributed by atoms with van der Waals surface area (Å²) in [6.07, 6.45) is 7.92. The van der Waals surface area contributed by atoms with Crippen LogP contribution in [0.3, 0.4) is 0 Å². The Labute approximate surface area is 850 Å². The molecule has 6 rings (SSSR count). The van der Waals surface area contributed by atoms with Crippen molar-refractivity contribution in [3.05, 3.63) is 167 Å². The van der Waals surface area contributed by atoms with Crippen molar-refractivity contribution in [1.29, 1.82) is 0 Å². The van der Waals surface area contributed by atoms with Crippen molar-refractivity contribution in [2.75, 3.05) is 106 Å². The molecule has 146 heavy (non-hydrogen) atoms. The maximum atomic E-state index is 15.3. The highest BCUT2D eigenvalue weighted by atomic mass is 19.1. The zero-order valence-electron chi connectivity index (χ0n) is 85.7. The van der Waals surface area contributed by atoms with E-state index in [0.29, 0.717) is 88.6 Å². The Morgan fingerprint density at radius 3 is 1.39 bits per heavy atom. The minimum Gasteiger partial charge on any atom is -0.481 e. The van der Waals surface area contributed by atoms with Gasteiger partial charge in [-0.05, 0) is 136 Å². The van der Waals surface area contributed by atoms with Gasteiger partial charge in [0.1, 0.15) is 60.7 Å². The average Bonchev–Trinajstić information content (AvgIpc) is 1.62. The Morgan fingerprint density at radius 2 is 0.918 bits per heavy atom. The summed E-state index contributed by atoms with van der Waals surface area (Å²) in [6, 6.07) is 17.6. The summed E-state index contributed by atoms with van der Waals surface area (Å²) in [5, 5.41) is 62.8. The normalized spacial score (nSPS) is 13.5. The molecule has 0 spiro atoms. The van der Waals surface area contributed by atoms with Gasteiger partial charge >= 0.3 is 11.9 Å². The van der Waals surface area contributed by atoms with Gasteiger partial charge in [-0.15, -0.1) is 0 Å². The quantitative estimate of drug-likeness (QED) is 0.0132. The third-order valence-corrected chi connectivity index (χ3v) is 23.6. The number of primary amides is 1. The van der Waals surface area contributed by atoms with Crippen LogP contribution < -0.4 is 59.3 Å². The summed E-state index contributed by atoms with van der Waals surface area (Å²) < 4.78 is 84.9. The Hall–Kier alpha value is -12.7. The lowest BCUT2D eigenvalue weighted by Gasteiger charge is -2.41.